The molecule has 1 heterocycles. The second-order valence-electron chi connectivity index (χ2n) is 5.57. The monoisotopic (exact) mass is 394 g/mol. The first-order valence-electron chi connectivity index (χ1n) is 7.64. The van der Waals surface area contributed by atoms with Crippen molar-refractivity contribution in [3.63, 3.8) is 0 Å². The van der Waals surface area contributed by atoms with E-state index in [9.17, 15) is 8.42 Å². The Hall–Kier alpha value is -1.37. The number of fused-ring (bicyclic) bond motifs is 1. The van der Waals surface area contributed by atoms with E-state index < -0.39 is 10.0 Å². The van der Waals surface area contributed by atoms with Gasteiger partial charge in [-0.1, -0.05) is 34.1 Å². The largest absolute Gasteiger partial charge is 0.371 e. The van der Waals surface area contributed by atoms with E-state index in [1.54, 1.807) is 24.3 Å². The number of rotatable bonds is 6. The molecule has 0 atom stereocenters. The van der Waals surface area contributed by atoms with Crippen molar-refractivity contribution in [3.8, 4) is 0 Å². The minimum atomic E-state index is -3.42. The van der Waals surface area contributed by atoms with Crippen LogP contribution in [0.1, 0.15) is 12.0 Å². The van der Waals surface area contributed by atoms with Crippen LogP contribution in [-0.4, -0.2) is 28.1 Å². The van der Waals surface area contributed by atoms with Gasteiger partial charge in [-0.2, -0.15) is 0 Å². The minimum Gasteiger partial charge on any atom is -0.371 e. The maximum absolute atomic E-state index is 12.2. The van der Waals surface area contributed by atoms with E-state index in [2.05, 4.69) is 43.8 Å². The number of anilines is 1. The lowest BCUT2D eigenvalue weighted by Crippen LogP contribution is -2.29. The van der Waals surface area contributed by atoms with Gasteiger partial charge in [-0.3, -0.25) is 0 Å². The molecule has 0 fully saturated rings. The fourth-order valence-electron chi connectivity index (χ4n) is 2.81. The molecule has 2 aromatic rings. The van der Waals surface area contributed by atoms with E-state index in [1.807, 2.05) is 6.07 Å². The molecule has 1 aliphatic rings. The van der Waals surface area contributed by atoms with Crippen molar-refractivity contribution in [2.45, 2.75) is 17.7 Å². The number of hydrogen-bond acceptors (Lipinski definition) is 3. The van der Waals surface area contributed by atoms with Crippen LogP contribution in [0.25, 0.3) is 0 Å². The Morgan fingerprint density at radius 2 is 1.83 bits per heavy atom. The van der Waals surface area contributed by atoms with Gasteiger partial charge in [0.15, 0.2) is 0 Å². The third-order valence-corrected chi connectivity index (χ3v) is 6.01. The molecule has 2 aromatic carbocycles. The Labute approximate surface area is 145 Å². The summed E-state index contributed by atoms with van der Waals surface area (Å²) in [5.41, 5.74) is 2.66. The molecule has 0 saturated carbocycles. The summed E-state index contributed by atoms with van der Waals surface area (Å²) < 4.78 is 27.9. The quantitative estimate of drug-likeness (QED) is 0.765. The van der Waals surface area contributed by atoms with Gasteiger partial charge in [0, 0.05) is 29.8 Å². The Morgan fingerprint density at radius 3 is 2.61 bits per heavy atom. The molecule has 3 rings (SSSR count). The summed E-state index contributed by atoms with van der Waals surface area (Å²) in [6.45, 7) is 2.32. The van der Waals surface area contributed by atoms with Crippen molar-refractivity contribution in [2.24, 2.45) is 0 Å². The maximum atomic E-state index is 12.2. The molecule has 0 radical (unpaired) electrons. The molecule has 6 heteroatoms. The SMILES string of the molecule is O=S(=O)(NCCCN1CCc2ccccc21)c1ccc(Br)cc1. The summed E-state index contributed by atoms with van der Waals surface area (Å²) in [4.78, 5) is 2.62. The van der Waals surface area contributed by atoms with Gasteiger partial charge in [-0.25, -0.2) is 13.1 Å². The van der Waals surface area contributed by atoms with E-state index in [1.165, 1.54) is 11.3 Å². The van der Waals surface area contributed by atoms with Crippen LogP contribution in [0.2, 0.25) is 0 Å². The molecule has 0 spiro atoms. The topological polar surface area (TPSA) is 49.4 Å². The average Bonchev–Trinajstić information content (AvgIpc) is 2.95. The lowest BCUT2D eigenvalue weighted by atomic mass is 10.2. The maximum Gasteiger partial charge on any atom is 0.240 e. The smallest absolute Gasteiger partial charge is 0.240 e. The molecule has 1 N–H and O–H groups in total. The van der Waals surface area contributed by atoms with Crippen LogP contribution in [0.3, 0.4) is 0 Å². The van der Waals surface area contributed by atoms with Crippen molar-refractivity contribution in [1.82, 2.24) is 4.72 Å². The molecule has 1 aliphatic heterocycles. The Kier molecular flexibility index (Phi) is 5.04. The number of para-hydroxylation sites is 1. The summed E-state index contributed by atoms with van der Waals surface area (Å²) >= 11 is 3.31. The van der Waals surface area contributed by atoms with Crippen LogP contribution in [0.4, 0.5) is 5.69 Å². The summed E-state index contributed by atoms with van der Waals surface area (Å²) in [5, 5.41) is 0. The van der Waals surface area contributed by atoms with Crippen LogP contribution >= 0.6 is 15.9 Å². The first-order chi connectivity index (χ1) is 11.1. The standard InChI is InChI=1S/C17H19BrN2O2S/c18-15-6-8-16(9-7-15)23(21,22)19-11-3-12-20-13-10-14-4-1-2-5-17(14)20/h1-2,4-9,19H,3,10-13H2. The number of halogens is 1. The van der Waals surface area contributed by atoms with Crippen molar-refractivity contribution in [3.05, 3.63) is 58.6 Å². The van der Waals surface area contributed by atoms with E-state index in [0.717, 1.165) is 30.4 Å². The van der Waals surface area contributed by atoms with Gasteiger partial charge < -0.3 is 4.90 Å². The average molecular weight is 395 g/mol. The molecule has 0 amide bonds. The summed E-state index contributed by atoms with van der Waals surface area (Å²) in [6, 6.07) is 15.1. The third-order valence-electron chi connectivity index (χ3n) is 4.00. The fraction of sp³-hybridized carbons (Fsp3) is 0.294. The highest BCUT2D eigenvalue weighted by Crippen LogP contribution is 2.27. The van der Waals surface area contributed by atoms with Gasteiger partial charge in [-0.15, -0.1) is 0 Å². The molecule has 122 valence electrons. The highest BCUT2D eigenvalue weighted by molar-refractivity contribution is 9.10. The number of sulfonamides is 1. The molecular formula is C17H19BrN2O2S. The lowest BCUT2D eigenvalue weighted by molar-refractivity contribution is 0.578. The second kappa shape index (κ2) is 7.03. The van der Waals surface area contributed by atoms with Crippen LogP contribution in [0.15, 0.2) is 57.9 Å². The van der Waals surface area contributed by atoms with Crippen LogP contribution in [0.5, 0.6) is 0 Å². The fourth-order valence-corrected chi connectivity index (χ4v) is 4.15. The van der Waals surface area contributed by atoms with Gasteiger partial charge in [-0.05, 0) is 48.7 Å². The first kappa shape index (κ1) is 16.5. The highest BCUT2D eigenvalue weighted by atomic mass is 79.9. The zero-order chi connectivity index (χ0) is 16.3. The number of nitrogens with one attached hydrogen (secondary N) is 1. The molecule has 4 nitrogen and oxygen atoms in total. The molecule has 0 aliphatic carbocycles. The van der Waals surface area contributed by atoms with Gasteiger partial charge >= 0.3 is 0 Å². The van der Waals surface area contributed by atoms with Crippen molar-refractivity contribution in [1.29, 1.82) is 0 Å². The van der Waals surface area contributed by atoms with E-state index >= 15 is 0 Å². The minimum absolute atomic E-state index is 0.298. The normalized spacial score (nSPS) is 14.0. The van der Waals surface area contributed by atoms with Crippen molar-refractivity contribution in [2.75, 3.05) is 24.5 Å². The zero-order valence-electron chi connectivity index (χ0n) is 12.7. The summed E-state index contributed by atoms with van der Waals surface area (Å²) in [6.07, 6.45) is 1.85. The lowest BCUT2D eigenvalue weighted by Gasteiger charge is -2.19. The summed E-state index contributed by atoms with van der Waals surface area (Å²) in [5.74, 6) is 0. The molecule has 0 saturated heterocycles. The zero-order valence-corrected chi connectivity index (χ0v) is 15.1. The Morgan fingerprint density at radius 1 is 1.09 bits per heavy atom. The first-order valence-corrected chi connectivity index (χ1v) is 9.92. The molecular weight excluding hydrogens is 376 g/mol. The molecule has 0 aromatic heterocycles. The number of nitrogens with zero attached hydrogens (tertiary/aromatic N) is 1. The molecule has 0 unspecified atom stereocenters. The van der Waals surface area contributed by atoms with Gasteiger partial charge in [0.2, 0.25) is 10.0 Å². The number of hydrogen-bond donors (Lipinski definition) is 1. The van der Waals surface area contributed by atoms with Crippen molar-refractivity contribution >= 4 is 31.6 Å². The van der Waals surface area contributed by atoms with Crippen LogP contribution in [-0.2, 0) is 16.4 Å². The highest BCUT2D eigenvalue weighted by Gasteiger charge is 2.18. The summed E-state index contributed by atoms with van der Waals surface area (Å²) in [7, 11) is -3.42. The Bertz CT molecular complexity index is 775. The number of benzene rings is 2. The third kappa shape index (κ3) is 3.94. The predicted octanol–water partition coefficient (Wildman–Crippen LogP) is 3.18. The molecule has 23 heavy (non-hydrogen) atoms. The van der Waals surface area contributed by atoms with Gasteiger partial charge in [0.05, 0.1) is 4.90 Å². The van der Waals surface area contributed by atoms with Crippen LogP contribution < -0.4 is 9.62 Å². The van der Waals surface area contributed by atoms with E-state index in [-0.39, 0.29) is 0 Å². The van der Waals surface area contributed by atoms with Crippen LogP contribution in [0, 0.1) is 0 Å². The van der Waals surface area contributed by atoms with Gasteiger partial charge in [0.25, 0.3) is 0 Å². The Balaban J connectivity index is 1.51. The van der Waals surface area contributed by atoms with E-state index in [0.29, 0.717) is 11.4 Å². The molecule has 0 bridgehead atoms. The van der Waals surface area contributed by atoms with Crippen molar-refractivity contribution < 1.29 is 8.42 Å². The van der Waals surface area contributed by atoms with E-state index in [4.69, 9.17) is 0 Å². The van der Waals surface area contributed by atoms with Gasteiger partial charge in [0.1, 0.15) is 0 Å². The predicted molar refractivity (Wildman–Crippen MR) is 96.3 cm³/mol. The second-order valence-corrected chi connectivity index (χ2v) is 8.25.